The fourth-order valence-electron chi connectivity index (χ4n) is 0.729. The van der Waals surface area contributed by atoms with Gasteiger partial charge in [-0.2, -0.15) is 0 Å². The lowest BCUT2D eigenvalue weighted by Gasteiger charge is -1.80. The normalized spacial score (nSPS) is 17.0. The maximum atomic E-state index is 10.3. The minimum absolute atomic E-state index is 0.350. The van der Waals surface area contributed by atoms with Crippen LogP contribution in [0.1, 0.15) is 6.92 Å². The van der Waals surface area contributed by atoms with Crippen LogP contribution in [0.2, 0.25) is 19.0 Å². The first-order valence-corrected chi connectivity index (χ1v) is 2.78. The van der Waals surface area contributed by atoms with Crippen LogP contribution in [0.15, 0.2) is 0 Å². The quantitative estimate of drug-likeness (QED) is 0.470. The Bertz CT molecular complexity index is 86.1. The lowest BCUT2D eigenvalue weighted by molar-refractivity contribution is -0.114. The van der Waals surface area contributed by atoms with Crippen LogP contribution in [0.25, 0.3) is 0 Å². The molecule has 1 nitrogen and oxygen atoms in total. The molecule has 0 radical (unpaired) electrons. The van der Waals surface area contributed by atoms with Gasteiger partial charge in [-0.3, -0.25) is 0 Å². The van der Waals surface area contributed by atoms with Gasteiger partial charge in [0, 0.05) is 0 Å². The van der Waals surface area contributed by atoms with E-state index in [0.717, 1.165) is 13.0 Å². The fourth-order valence-corrected chi connectivity index (χ4v) is 0.729. The zero-order valence-electron chi connectivity index (χ0n) is 4.61. The Kier molecular flexibility index (Phi) is 1.18. The Labute approximate surface area is 44.2 Å². The van der Waals surface area contributed by atoms with Crippen molar-refractivity contribution in [3.05, 3.63) is 0 Å². The summed E-state index contributed by atoms with van der Waals surface area (Å²) >= 11 is 0. The molecule has 0 aromatic carbocycles. The van der Waals surface area contributed by atoms with Crippen molar-refractivity contribution in [3.8, 4) is 0 Å². The minimum atomic E-state index is 0.350. The number of rotatable bonds is 2. The van der Waals surface area contributed by atoms with E-state index < -0.39 is 0 Å². The summed E-state index contributed by atoms with van der Waals surface area (Å²) < 4.78 is 0. The number of ketones is 1. The van der Waals surface area contributed by atoms with Gasteiger partial charge < -0.3 is 4.79 Å². The van der Waals surface area contributed by atoms with Gasteiger partial charge in [-0.25, -0.2) is 0 Å². The van der Waals surface area contributed by atoms with Gasteiger partial charge in [-0.15, -0.1) is 0 Å². The summed E-state index contributed by atoms with van der Waals surface area (Å²) in [5.41, 5.74) is 0. The van der Waals surface area contributed by atoms with E-state index in [0.29, 0.717) is 5.78 Å². The van der Waals surface area contributed by atoms with Crippen LogP contribution in [0.3, 0.4) is 0 Å². The molecule has 0 amide bonds. The van der Waals surface area contributed by atoms with Crippen molar-refractivity contribution >= 4 is 12.5 Å². The van der Waals surface area contributed by atoms with Crippen molar-refractivity contribution < 1.29 is 4.79 Å². The largest absolute Gasteiger partial charge is 0.301 e. The summed E-state index contributed by atoms with van der Waals surface area (Å²) in [6, 6.07) is 0. The highest BCUT2D eigenvalue weighted by atomic mass is 16.1. The van der Waals surface area contributed by atoms with Crippen molar-refractivity contribution in [2.75, 3.05) is 0 Å². The summed E-state index contributed by atoms with van der Waals surface area (Å²) in [7, 11) is 0. The molecule has 0 unspecified atom stereocenters. The number of hydrogen-bond acceptors (Lipinski definition) is 1. The second-order valence-corrected chi connectivity index (χ2v) is 2.35. The molecule has 1 rings (SSSR count). The molecule has 7 heavy (non-hydrogen) atoms. The summed E-state index contributed by atoms with van der Waals surface area (Å²) in [5.74, 6) is 0.350. The summed E-state index contributed by atoms with van der Waals surface area (Å²) in [6.45, 7) is 2.44. The SMILES string of the molecule is CC(=O)CB1CC1. The maximum Gasteiger partial charge on any atom is 0.147 e. The molecular formula is C5H9BO. The molecule has 1 aliphatic heterocycles. The van der Waals surface area contributed by atoms with Crippen LogP contribution in [0, 0.1) is 0 Å². The fraction of sp³-hybridized carbons (Fsp3) is 0.800. The van der Waals surface area contributed by atoms with Crippen molar-refractivity contribution in [1.82, 2.24) is 0 Å². The van der Waals surface area contributed by atoms with Gasteiger partial charge in [0.2, 0.25) is 0 Å². The summed E-state index contributed by atoms with van der Waals surface area (Å²) in [4.78, 5) is 10.3. The Morgan fingerprint density at radius 3 is 2.43 bits per heavy atom. The van der Waals surface area contributed by atoms with Gasteiger partial charge in [-0.05, 0) is 13.2 Å². The van der Waals surface area contributed by atoms with Crippen LogP contribution in [0.4, 0.5) is 0 Å². The van der Waals surface area contributed by atoms with Crippen molar-refractivity contribution in [2.45, 2.75) is 25.9 Å². The standard InChI is InChI=1S/C5H9BO/c1-5(7)4-6-2-3-6/h2-4H2,1H3. The van der Waals surface area contributed by atoms with Crippen LogP contribution in [0.5, 0.6) is 0 Å². The third kappa shape index (κ3) is 1.76. The van der Waals surface area contributed by atoms with Gasteiger partial charge in [-0.1, -0.05) is 12.6 Å². The van der Waals surface area contributed by atoms with Gasteiger partial charge in [0.05, 0.1) is 0 Å². The highest BCUT2D eigenvalue weighted by Crippen LogP contribution is 2.24. The highest BCUT2D eigenvalue weighted by molar-refractivity contribution is 6.72. The molecule has 0 N–H and O–H groups in total. The minimum Gasteiger partial charge on any atom is -0.301 e. The van der Waals surface area contributed by atoms with E-state index in [1.807, 2.05) is 0 Å². The smallest absolute Gasteiger partial charge is 0.147 e. The Morgan fingerprint density at radius 2 is 2.29 bits per heavy atom. The molecule has 0 atom stereocenters. The monoisotopic (exact) mass is 96.1 g/mol. The van der Waals surface area contributed by atoms with Crippen molar-refractivity contribution in [1.29, 1.82) is 0 Å². The van der Waals surface area contributed by atoms with E-state index in [2.05, 4.69) is 0 Å². The molecule has 0 saturated carbocycles. The molecule has 1 aliphatic rings. The molecule has 0 aliphatic carbocycles. The zero-order valence-corrected chi connectivity index (χ0v) is 4.61. The Morgan fingerprint density at radius 1 is 1.71 bits per heavy atom. The van der Waals surface area contributed by atoms with E-state index in [1.165, 1.54) is 12.6 Å². The second kappa shape index (κ2) is 1.69. The number of hydrogen-bond donors (Lipinski definition) is 0. The third-order valence-electron chi connectivity index (χ3n) is 1.27. The first-order chi connectivity index (χ1) is 3.29. The van der Waals surface area contributed by atoms with Gasteiger partial charge in [0.15, 0.2) is 0 Å². The average Bonchev–Trinajstić information content (AvgIpc) is 2.17. The molecule has 0 aromatic heterocycles. The molecule has 1 saturated heterocycles. The first kappa shape index (κ1) is 4.88. The van der Waals surface area contributed by atoms with E-state index in [-0.39, 0.29) is 0 Å². The lowest BCUT2D eigenvalue weighted by Crippen LogP contribution is -1.95. The third-order valence-corrected chi connectivity index (χ3v) is 1.27. The van der Waals surface area contributed by atoms with Gasteiger partial charge in [0.1, 0.15) is 12.5 Å². The van der Waals surface area contributed by atoms with Crippen LogP contribution >= 0.6 is 0 Å². The zero-order chi connectivity index (χ0) is 5.28. The summed E-state index contributed by atoms with van der Waals surface area (Å²) in [6.07, 6.45) is 3.42. The van der Waals surface area contributed by atoms with Gasteiger partial charge in [0.25, 0.3) is 0 Å². The van der Waals surface area contributed by atoms with Crippen LogP contribution < -0.4 is 0 Å². The van der Waals surface area contributed by atoms with E-state index in [9.17, 15) is 4.79 Å². The average molecular weight is 95.9 g/mol. The van der Waals surface area contributed by atoms with E-state index in [1.54, 1.807) is 6.92 Å². The maximum absolute atomic E-state index is 10.3. The molecule has 38 valence electrons. The molecule has 2 heteroatoms. The predicted octanol–water partition coefficient (Wildman–Crippen LogP) is 1.08. The van der Waals surface area contributed by atoms with Crippen molar-refractivity contribution in [3.63, 3.8) is 0 Å². The topological polar surface area (TPSA) is 17.1 Å². The Balaban J connectivity index is 2.08. The van der Waals surface area contributed by atoms with Crippen molar-refractivity contribution in [2.24, 2.45) is 0 Å². The molecule has 1 fully saturated rings. The van der Waals surface area contributed by atoms with E-state index in [4.69, 9.17) is 0 Å². The molecular weight excluding hydrogens is 86.9 g/mol. The van der Waals surface area contributed by atoms with Crippen LogP contribution in [-0.4, -0.2) is 12.5 Å². The first-order valence-electron chi connectivity index (χ1n) is 2.78. The molecule has 0 bridgehead atoms. The Hall–Kier alpha value is -0.265. The van der Waals surface area contributed by atoms with Gasteiger partial charge >= 0.3 is 0 Å². The lowest BCUT2D eigenvalue weighted by atomic mass is 9.66. The number of carbonyl (C=O) groups excluding carboxylic acids is 1. The predicted molar refractivity (Wildman–Crippen MR) is 30.9 cm³/mol. The number of carbonyl (C=O) groups is 1. The van der Waals surface area contributed by atoms with E-state index >= 15 is 0 Å². The molecule has 0 spiro atoms. The number of Topliss-reactive ketones (excluding diaryl/α,β-unsaturated/α-hetero) is 1. The summed E-state index contributed by atoms with van der Waals surface area (Å²) in [5, 5.41) is 0. The molecule has 1 heterocycles. The molecule has 0 aromatic rings. The second-order valence-electron chi connectivity index (χ2n) is 2.35. The highest BCUT2D eigenvalue weighted by Gasteiger charge is 2.26. The van der Waals surface area contributed by atoms with Crippen LogP contribution in [-0.2, 0) is 4.79 Å².